The van der Waals surface area contributed by atoms with Gasteiger partial charge in [-0.25, -0.2) is 9.37 Å². The first-order chi connectivity index (χ1) is 14.5. The molecule has 156 valence electrons. The molecule has 2 aromatic heterocycles. The van der Waals surface area contributed by atoms with Crippen molar-refractivity contribution in [2.45, 2.75) is 37.9 Å². The van der Waals surface area contributed by atoms with Crippen molar-refractivity contribution in [3.8, 4) is 0 Å². The fourth-order valence-corrected chi connectivity index (χ4v) is 5.92. The SMILES string of the molecule is C=CCn1c(SCC(=O)Nc2ccccc2F)nc2sc3c(c2c1=O)CC[C@@H](C)C3. The number of nitrogens with zero attached hydrogens (tertiary/aromatic N) is 2. The number of thiophene rings is 1. The molecule has 0 saturated carbocycles. The number of halogens is 1. The van der Waals surface area contributed by atoms with E-state index in [1.165, 1.54) is 28.8 Å². The van der Waals surface area contributed by atoms with Gasteiger partial charge >= 0.3 is 0 Å². The summed E-state index contributed by atoms with van der Waals surface area (Å²) in [7, 11) is 0. The van der Waals surface area contributed by atoms with Crippen LogP contribution in [0.1, 0.15) is 23.8 Å². The van der Waals surface area contributed by atoms with Gasteiger partial charge in [0.2, 0.25) is 5.91 Å². The number of hydrogen-bond acceptors (Lipinski definition) is 5. The first kappa shape index (κ1) is 20.8. The third-order valence-corrected chi connectivity index (χ3v) is 7.30. The standard InChI is InChI=1S/C22H22FN3O2S2/c1-3-10-26-21(28)19-14-9-8-13(2)11-17(14)30-20(19)25-22(26)29-12-18(27)24-16-7-5-4-6-15(16)23/h3-7,13H,1,8-12H2,2H3,(H,24,27)/t13-/m1/s1. The summed E-state index contributed by atoms with van der Waals surface area (Å²) in [5, 5.41) is 3.75. The zero-order valence-corrected chi connectivity index (χ0v) is 18.2. The van der Waals surface area contributed by atoms with E-state index in [0.29, 0.717) is 23.0 Å². The molecule has 0 spiro atoms. The van der Waals surface area contributed by atoms with Gasteiger partial charge in [0.1, 0.15) is 10.6 Å². The molecule has 1 N–H and O–H groups in total. The van der Waals surface area contributed by atoms with Gasteiger partial charge in [-0.3, -0.25) is 14.2 Å². The van der Waals surface area contributed by atoms with Crippen LogP contribution in [0.3, 0.4) is 0 Å². The van der Waals surface area contributed by atoms with Gasteiger partial charge in [0.25, 0.3) is 5.56 Å². The monoisotopic (exact) mass is 443 g/mol. The molecular formula is C22H22FN3O2S2. The number of thioether (sulfide) groups is 1. The van der Waals surface area contributed by atoms with Crippen LogP contribution in [0.25, 0.3) is 10.2 Å². The number of carbonyl (C=O) groups excluding carboxylic acids is 1. The lowest BCUT2D eigenvalue weighted by molar-refractivity contribution is -0.113. The van der Waals surface area contributed by atoms with Crippen LogP contribution in [-0.2, 0) is 24.2 Å². The van der Waals surface area contributed by atoms with Crippen molar-refractivity contribution in [3.05, 3.63) is 63.5 Å². The minimum Gasteiger partial charge on any atom is -0.323 e. The number of carbonyl (C=O) groups is 1. The average molecular weight is 444 g/mol. The highest BCUT2D eigenvalue weighted by molar-refractivity contribution is 7.99. The molecule has 0 saturated heterocycles. The van der Waals surface area contributed by atoms with E-state index in [1.807, 2.05) is 0 Å². The van der Waals surface area contributed by atoms with E-state index < -0.39 is 5.82 Å². The average Bonchev–Trinajstić information content (AvgIpc) is 3.08. The fourth-order valence-electron chi connectivity index (χ4n) is 3.68. The quantitative estimate of drug-likeness (QED) is 0.343. The minimum absolute atomic E-state index is 0.0194. The number of nitrogens with one attached hydrogen (secondary N) is 1. The summed E-state index contributed by atoms with van der Waals surface area (Å²) in [6.07, 6.45) is 4.61. The first-order valence-corrected chi connectivity index (χ1v) is 11.6. The number of anilines is 1. The molecule has 4 rings (SSSR count). The smallest absolute Gasteiger partial charge is 0.263 e. The Morgan fingerprint density at radius 1 is 1.47 bits per heavy atom. The molecule has 0 aliphatic heterocycles. The van der Waals surface area contributed by atoms with E-state index in [2.05, 4.69) is 18.8 Å². The summed E-state index contributed by atoms with van der Waals surface area (Å²) in [5.74, 6) is -0.218. The summed E-state index contributed by atoms with van der Waals surface area (Å²) in [5.41, 5.74) is 1.19. The van der Waals surface area contributed by atoms with Gasteiger partial charge in [-0.1, -0.05) is 36.9 Å². The lowest BCUT2D eigenvalue weighted by Gasteiger charge is -2.17. The van der Waals surface area contributed by atoms with Crippen LogP contribution in [0.4, 0.5) is 10.1 Å². The lowest BCUT2D eigenvalue weighted by atomic mass is 9.89. The van der Waals surface area contributed by atoms with Crippen LogP contribution in [0.2, 0.25) is 0 Å². The number of hydrogen-bond donors (Lipinski definition) is 1. The second-order valence-corrected chi connectivity index (χ2v) is 9.47. The van der Waals surface area contributed by atoms with Gasteiger partial charge in [0.05, 0.1) is 16.8 Å². The molecule has 1 atom stereocenters. The van der Waals surface area contributed by atoms with Crippen LogP contribution in [0.5, 0.6) is 0 Å². The minimum atomic E-state index is -0.489. The topological polar surface area (TPSA) is 64.0 Å². The number of amides is 1. The molecule has 1 amide bonds. The predicted molar refractivity (Wildman–Crippen MR) is 121 cm³/mol. The van der Waals surface area contributed by atoms with E-state index in [4.69, 9.17) is 4.98 Å². The van der Waals surface area contributed by atoms with Gasteiger partial charge in [0.15, 0.2) is 5.16 Å². The van der Waals surface area contributed by atoms with Crippen LogP contribution >= 0.6 is 23.1 Å². The second-order valence-electron chi connectivity index (χ2n) is 7.45. The summed E-state index contributed by atoms with van der Waals surface area (Å²) in [4.78, 5) is 32.3. The molecule has 3 aromatic rings. The number of para-hydroxylation sites is 1. The maximum atomic E-state index is 13.8. The van der Waals surface area contributed by atoms with E-state index in [0.717, 1.165) is 29.7 Å². The Bertz CT molecular complexity index is 1190. The highest BCUT2D eigenvalue weighted by Crippen LogP contribution is 2.36. The summed E-state index contributed by atoms with van der Waals surface area (Å²) in [6, 6.07) is 6.02. The maximum absolute atomic E-state index is 13.8. The zero-order chi connectivity index (χ0) is 21.3. The molecule has 1 aromatic carbocycles. The third-order valence-electron chi connectivity index (χ3n) is 5.17. The van der Waals surface area contributed by atoms with Crippen molar-refractivity contribution in [3.63, 3.8) is 0 Å². The highest BCUT2D eigenvalue weighted by atomic mass is 32.2. The molecular weight excluding hydrogens is 421 g/mol. The van der Waals surface area contributed by atoms with Gasteiger partial charge in [-0.2, -0.15) is 0 Å². The Labute approximate surface area is 182 Å². The molecule has 0 fully saturated rings. The van der Waals surface area contributed by atoms with E-state index in [1.54, 1.807) is 34.1 Å². The molecule has 0 bridgehead atoms. The van der Waals surface area contributed by atoms with Gasteiger partial charge in [0, 0.05) is 11.4 Å². The number of rotatable bonds is 6. The van der Waals surface area contributed by atoms with Gasteiger partial charge < -0.3 is 5.32 Å². The van der Waals surface area contributed by atoms with Gasteiger partial charge in [-0.15, -0.1) is 17.9 Å². The highest BCUT2D eigenvalue weighted by Gasteiger charge is 2.24. The molecule has 30 heavy (non-hydrogen) atoms. The predicted octanol–water partition coefficient (Wildman–Crippen LogP) is 4.64. The van der Waals surface area contributed by atoms with Crippen molar-refractivity contribution in [1.29, 1.82) is 0 Å². The van der Waals surface area contributed by atoms with Crippen molar-refractivity contribution in [1.82, 2.24) is 9.55 Å². The molecule has 0 radical (unpaired) electrons. The number of allylic oxidation sites excluding steroid dienone is 1. The van der Waals surface area contributed by atoms with Crippen molar-refractivity contribution in [2.75, 3.05) is 11.1 Å². The zero-order valence-electron chi connectivity index (χ0n) is 16.6. The number of fused-ring (bicyclic) bond motifs is 3. The van der Waals surface area contributed by atoms with Gasteiger partial charge in [-0.05, 0) is 42.9 Å². The Morgan fingerprint density at radius 3 is 3.03 bits per heavy atom. The van der Waals surface area contributed by atoms with Crippen LogP contribution in [0.15, 0.2) is 46.9 Å². The normalized spacial score (nSPS) is 15.7. The van der Waals surface area contributed by atoms with Crippen LogP contribution < -0.4 is 10.9 Å². The summed E-state index contributed by atoms with van der Waals surface area (Å²) >= 11 is 2.76. The first-order valence-electron chi connectivity index (χ1n) is 9.81. The Morgan fingerprint density at radius 2 is 2.27 bits per heavy atom. The van der Waals surface area contributed by atoms with Crippen LogP contribution in [-0.4, -0.2) is 21.2 Å². The number of aryl methyl sites for hydroxylation is 1. The third kappa shape index (κ3) is 4.06. The molecule has 1 aliphatic rings. The van der Waals surface area contributed by atoms with E-state index >= 15 is 0 Å². The van der Waals surface area contributed by atoms with E-state index in [9.17, 15) is 14.0 Å². The molecule has 0 unspecified atom stereocenters. The second kappa shape index (κ2) is 8.73. The lowest BCUT2D eigenvalue weighted by Crippen LogP contribution is -2.24. The van der Waals surface area contributed by atoms with E-state index in [-0.39, 0.29) is 22.9 Å². The fraction of sp³-hybridized carbons (Fsp3) is 0.318. The van der Waals surface area contributed by atoms with Crippen molar-refractivity contribution >= 4 is 44.9 Å². The summed E-state index contributed by atoms with van der Waals surface area (Å²) in [6.45, 7) is 6.30. The Kier molecular flexibility index (Phi) is 6.06. The van der Waals surface area contributed by atoms with Crippen LogP contribution in [0, 0.1) is 11.7 Å². The maximum Gasteiger partial charge on any atom is 0.263 e. The Hall–Kier alpha value is -2.45. The largest absolute Gasteiger partial charge is 0.323 e. The van der Waals surface area contributed by atoms with Crippen molar-refractivity contribution < 1.29 is 9.18 Å². The molecule has 8 heteroatoms. The number of benzene rings is 1. The van der Waals surface area contributed by atoms with Crippen molar-refractivity contribution in [2.24, 2.45) is 5.92 Å². The summed E-state index contributed by atoms with van der Waals surface area (Å²) < 4.78 is 15.3. The number of aromatic nitrogens is 2. The Balaban J connectivity index is 1.62. The molecule has 2 heterocycles. The molecule has 1 aliphatic carbocycles. The molecule has 5 nitrogen and oxygen atoms in total.